The number of rotatable bonds is 1. The monoisotopic (exact) mass is 374 g/mol. The maximum Gasteiger partial charge on any atom is 0.0795 e. The molecule has 0 radical (unpaired) electrons. The van der Waals surface area contributed by atoms with Crippen LogP contribution in [-0.2, 0) is 0 Å². The first-order chi connectivity index (χ1) is 13.2. The number of hydrogen-bond acceptors (Lipinski definition) is 8. The zero-order chi connectivity index (χ0) is 20.5. The molecule has 28 heavy (non-hydrogen) atoms. The van der Waals surface area contributed by atoms with Crippen molar-refractivity contribution in [1.29, 1.82) is 0 Å². The summed E-state index contributed by atoms with van der Waals surface area (Å²) in [5, 5.41) is 3.91. The molecule has 142 valence electrons. The van der Waals surface area contributed by atoms with E-state index in [1.807, 2.05) is 12.1 Å². The highest BCUT2D eigenvalue weighted by Gasteiger charge is 2.22. The summed E-state index contributed by atoms with van der Waals surface area (Å²) in [4.78, 5) is 0. The molecule has 0 heterocycles. The van der Waals surface area contributed by atoms with Crippen LogP contribution >= 0.6 is 0 Å². The molecule has 0 aliphatic carbocycles. The number of anilines is 8. The molecule has 0 saturated carbocycles. The van der Waals surface area contributed by atoms with Crippen molar-refractivity contribution in [2.45, 2.75) is 0 Å². The van der Waals surface area contributed by atoms with Gasteiger partial charge in [0.25, 0.3) is 0 Å². The van der Waals surface area contributed by atoms with Gasteiger partial charge in [-0.05, 0) is 22.9 Å². The predicted molar refractivity (Wildman–Crippen MR) is 124 cm³/mol. The van der Waals surface area contributed by atoms with Crippen LogP contribution in [0.4, 0.5) is 45.5 Å². The summed E-state index contributed by atoms with van der Waals surface area (Å²) in [6.45, 7) is 3.87. The van der Waals surface area contributed by atoms with Crippen molar-refractivity contribution in [3.63, 3.8) is 0 Å². The van der Waals surface area contributed by atoms with Crippen LogP contribution in [-0.4, -0.2) is 0 Å². The number of nitrogens with two attached hydrogens (primary N) is 8. The number of fused-ring (bicyclic) bond motifs is 4. The number of nitrogen functional groups attached to an aromatic ring is 8. The van der Waals surface area contributed by atoms with E-state index in [4.69, 9.17) is 45.9 Å². The van der Waals surface area contributed by atoms with E-state index in [1.165, 1.54) is 0 Å². The lowest BCUT2D eigenvalue weighted by atomic mass is 9.89. The van der Waals surface area contributed by atoms with Crippen LogP contribution in [0.2, 0.25) is 0 Å². The normalized spacial score (nSPS) is 11.4. The van der Waals surface area contributed by atoms with Crippen LogP contribution in [0.5, 0.6) is 0 Å². The lowest BCUT2D eigenvalue weighted by molar-refractivity contribution is 1.67. The van der Waals surface area contributed by atoms with E-state index in [-0.39, 0.29) is 22.7 Å². The van der Waals surface area contributed by atoms with Gasteiger partial charge in [-0.1, -0.05) is 18.7 Å². The van der Waals surface area contributed by atoms with Gasteiger partial charge in [0.2, 0.25) is 0 Å². The highest BCUT2D eigenvalue weighted by Crippen LogP contribution is 2.50. The first-order valence-corrected chi connectivity index (χ1v) is 8.49. The van der Waals surface area contributed by atoms with Gasteiger partial charge >= 0.3 is 0 Å². The molecule has 0 unspecified atom stereocenters. The Morgan fingerprint density at radius 1 is 0.571 bits per heavy atom. The van der Waals surface area contributed by atoms with Crippen molar-refractivity contribution >= 4 is 83.9 Å². The van der Waals surface area contributed by atoms with E-state index in [9.17, 15) is 0 Å². The van der Waals surface area contributed by atoms with Gasteiger partial charge < -0.3 is 45.9 Å². The Bertz CT molecular complexity index is 1350. The van der Waals surface area contributed by atoms with Gasteiger partial charge in [-0.2, -0.15) is 0 Å². The maximum absolute atomic E-state index is 6.50. The molecular formula is C20H22N8. The quantitative estimate of drug-likeness (QED) is 0.107. The van der Waals surface area contributed by atoms with Crippen molar-refractivity contribution in [3.8, 4) is 0 Å². The molecule has 8 heteroatoms. The largest absolute Gasteiger partial charge is 0.398 e. The fourth-order valence-electron chi connectivity index (χ4n) is 3.93. The lowest BCUT2D eigenvalue weighted by Gasteiger charge is -2.21. The number of benzene rings is 4. The molecule has 8 nitrogen and oxygen atoms in total. The molecule has 0 aliphatic heterocycles. The van der Waals surface area contributed by atoms with Crippen molar-refractivity contribution in [1.82, 2.24) is 0 Å². The Balaban J connectivity index is 2.45. The molecule has 0 aliphatic rings. The SMILES string of the molecule is C=Cc1c(N)c(N)c(N)c2c(N)c(N)c3c(N)c4c(N)c(N)ccc4cc3c12. The molecule has 0 amide bonds. The van der Waals surface area contributed by atoms with Crippen molar-refractivity contribution in [2.24, 2.45) is 0 Å². The molecule has 0 aromatic heterocycles. The third-order valence-electron chi connectivity index (χ3n) is 5.38. The fourth-order valence-corrected chi connectivity index (χ4v) is 3.93. The minimum Gasteiger partial charge on any atom is -0.398 e. The molecular weight excluding hydrogens is 352 g/mol. The predicted octanol–water partition coefficient (Wildman–Crippen LogP) is 2.45. The summed E-state index contributed by atoms with van der Waals surface area (Å²) in [6, 6.07) is 5.48. The minimum atomic E-state index is 0.235. The topological polar surface area (TPSA) is 208 Å². The molecule has 0 atom stereocenters. The van der Waals surface area contributed by atoms with Gasteiger partial charge in [-0.15, -0.1) is 0 Å². The maximum atomic E-state index is 6.50. The average Bonchev–Trinajstić information content (AvgIpc) is 2.66. The zero-order valence-electron chi connectivity index (χ0n) is 15.1. The Labute approximate surface area is 160 Å². The molecule has 4 aromatic rings. The molecule has 0 spiro atoms. The smallest absolute Gasteiger partial charge is 0.0795 e. The van der Waals surface area contributed by atoms with Crippen LogP contribution in [0.3, 0.4) is 0 Å². The van der Waals surface area contributed by atoms with Crippen LogP contribution in [0, 0.1) is 0 Å². The Kier molecular flexibility index (Phi) is 3.32. The van der Waals surface area contributed by atoms with Crippen LogP contribution in [0.15, 0.2) is 24.8 Å². The molecule has 4 aromatic carbocycles. The summed E-state index contributed by atoms with van der Waals surface area (Å²) < 4.78 is 0. The Hall–Kier alpha value is -4.20. The minimum absolute atomic E-state index is 0.235. The molecule has 0 saturated heterocycles. The summed E-state index contributed by atoms with van der Waals surface area (Å²) in [5.41, 5.74) is 53.1. The van der Waals surface area contributed by atoms with Crippen LogP contribution < -0.4 is 45.9 Å². The number of hydrogen-bond donors (Lipinski definition) is 8. The first-order valence-electron chi connectivity index (χ1n) is 8.49. The Morgan fingerprint density at radius 3 is 1.82 bits per heavy atom. The third kappa shape index (κ3) is 1.88. The van der Waals surface area contributed by atoms with E-state index in [0.29, 0.717) is 49.9 Å². The second-order valence-electron chi connectivity index (χ2n) is 6.82. The van der Waals surface area contributed by atoms with E-state index < -0.39 is 0 Å². The molecule has 0 bridgehead atoms. The summed E-state index contributed by atoms with van der Waals surface area (Å²) in [5.74, 6) is 0. The highest BCUT2D eigenvalue weighted by atomic mass is 14.8. The van der Waals surface area contributed by atoms with Crippen LogP contribution in [0.25, 0.3) is 38.4 Å². The fraction of sp³-hybridized carbons (Fsp3) is 0. The van der Waals surface area contributed by atoms with E-state index in [2.05, 4.69) is 6.58 Å². The summed E-state index contributed by atoms with van der Waals surface area (Å²) >= 11 is 0. The molecule has 0 fully saturated rings. The second kappa shape index (κ2) is 5.40. The first kappa shape index (κ1) is 17.2. The lowest BCUT2D eigenvalue weighted by Crippen LogP contribution is -2.08. The van der Waals surface area contributed by atoms with Gasteiger partial charge in [-0.25, -0.2) is 0 Å². The second-order valence-corrected chi connectivity index (χ2v) is 6.82. The van der Waals surface area contributed by atoms with Gasteiger partial charge in [0.05, 0.1) is 45.5 Å². The van der Waals surface area contributed by atoms with Crippen molar-refractivity contribution < 1.29 is 0 Å². The third-order valence-corrected chi connectivity index (χ3v) is 5.38. The average molecular weight is 374 g/mol. The molecule has 16 N–H and O–H groups in total. The zero-order valence-corrected chi connectivity index (χ0v) is 15.1. The standard InChI is InChI=1S/C20H22N8/c1-2-7-11-8-5-6-3-4-9(21)15(23)10(6)16(24)12(8)17(25)18(26)13(11)19(27)20(28)14(7)22/h2-5H,1,21-28H2. The van der Waals surface area contributed by atoms with Crippen molar-refractivity contribution in [3.05, 3.63) is 30.3 Å². The van der Waals surface area contributed by atoms with Gasteiger partial charge in [0.1, 0.15) is 0 Å². The Morgan fingerprint density at radius 2 is 1.18 bits per heavy atom. The highest BCUT2D eigenvalue weighted by molar-refractivity contribution is 6.33. The van der Waals surface area contributed by atoms with E-state index in [1.54, 1.807) is 12.1 Å². The van der Waals surface area contributed by atoms with E-state index >= 15 is 0 Å². The summed E-state index contributed by atoms with van der Waals surface area (Å²) in [7, 11) is 0. The van der Waals surface area contributed by atoms with Crippen molar-refractivity contribution in [2.75, 3.05) is 45.9 Å². The van der Waals surface area contributed by atoms with Gasteiger partial charge in [-0.3, -0.25) is 0 Å². The van der Waals surface area contributed by atoms with Gasteiger partial charge in [0, 0.05) is 27.1 Å². The van der Waals surface area contributed by atoms with Crippen LogP contribution in [0.1, 0.15) is 5.56 Å². The van der Waals surface area contributed by atoms with Gasteiger partial charge in [0.15, 0.2) is 0 Å². The molecule has 4 rings (SSSR count). The van der Waals surface area contributed by atoms with E-state index in [0.717, 1.165) is 10.8 Å². The summed E-state index contributed by atoms with van der Waals surface area (Å²) in [6.07, 6.45) is 1.61.